The van der Waals surface area contributed by atoms with Gasteiger partial charge in [-0.1, -0.05) is 6.07 Å². The SMILES string of the molecule is CN(C)c1cccc(-n2cc[nH]c2=S)c1. The van der Waals surface area contributed by atoms with Crippen LogP contribution in [0.5, 0.6) is 0 Å². The van der Waals surface area contributed by atoms with Gasteiger partial charge in [0.25, 0.3) is 0 Å². The van der Waals surface area contributed by atoms with Gasteiger partial charge in [-0.25, -0.2) is 0 Å². The fourth-order valence-corrected chi connectivity index (χ4v) is 1.68. The smallest absolute Gasteiger partial charge is 0.181 e. The fourth-order valence-electron chi connectivity index (χ4n) is 1.44. The standard InChI is InChI=1S/C11H13N3S/c1-13(2)9-4-3-5-10(8-9)14-7-6-12-11(14)15/h3-8H,1-2H3,(H,12,15). The van der Waals surface area contributed by atoms with E-state index in [4.69, 9.17) is 12.2 Å². The van der Waals surface area contributed by atoms with Crippen LogP contribution in [-0.2, 0) is 0 Å². The van der Waals surface area contributed by atoms with Crippen molar-refractivity contribution >= 4 is 17.9 Å². The van der Waals surface area contributed by atoms with E-state index >= 15 is 0 Å². The number of H-pyrrole nitrogens is 1. The summed E-state index contributed by atoms with van der Waals surface area (Å²) in [7, 11) is 4.05. The molecule has 0 aliphatic carbocycles. The minimum Gasteiger partial charge on any atom is -0.378 e. The van der Waals surface area contributed by atoms with Gasteiger partial charge in [0.2, 0.25) is 0 Å². The molecule has 0 radical (unpaired) electrons. The first kappa shape index (κ1) is 9.98. The Bertz CT molecular complexity index is 510. The molecule has 2 aromatic rings. The monoisotopic (exact) mass is 219 g/mol. The summed E-state index contributed by atoms with van der Waals surface area (Å²) in [6.07, 6.45) is 3.77. The molecule has 4 heteroatoms. The van der Waals surface area contributed by atoms with E-state index in [1.165, 1.54) is 0 Å². The summed E-state index contributed by atoms with van der Waals surface area (Å²) in [6.45, 7) is 0. The first-order valence-electron chi connectivity index (χ1n) is 4.72. The van der Waals surface area contributed by atoms with Gasteiger partial charge in [0, 0.05) is 37.9 Å². The predicted molar refractivity (Wildman–Crippen MR) is 65.3 cm³/mol. The van der Waals surface area contributed by atoms with E-state index in [-0.39, 0.29) is 0 Å². The van der Waals surface area contributed by atoms with Crippen LogP contribution in [0.3, 0.4) is 0 Å². The molecular weight excluding hydrogens is 206 g/mol. The number of aromatic nitrogens is 2. The summed E-state index contributed by atoms with van der Waals surface area (Å²) >= 11 is 5.17. The lowest BCUT2D eigenvalue weighted by Gasteiger charge is -2.13. The van der Waals surface area contributed by atoms with E-state index < -0.39 is 0 Å². The minimum atomic E-state index is 0.714. The van der Waals surface area contributed by atoms with Gasteiger partial charge in [-0.3, -0.25) is 4.57 Å². The van der Waals surface area contributed by atoms with E-state index in [1.54, 1.807) is 0 Å². The summed E-state index contributed by atoms with van der Waals surface area (Å²) in [6, 6.07) is 8.24. The number of nitrogens with one attached hydrogen (secondary N) is 1. The van der Waals surface area contributed by atoms with Crippen molar-refractivity contribution in [3.05, 3.63) is 41.4 Å². The van der Waals surface area contributed by atoms with Crippen LogP contribution in [0.15, 0.2) is 36.7 Å². The molecule has 0 saturated heterocycles. The first-order valence-corrected chi connectivity index (χ1v) is 5.13. The number of aromatic amines is 1. The molecule has 1 aromatic heterocycles. The zero-order valence-electron chi connectivity index (χ0n) is 8.77. The van der Waals surface area contributed by atoms with Crippen LogP contribution >= 0.6 is 12.2 Å². The number of hydrogen-bond acceptors (Lipinski definition) is 2. The zero-order valence-corrected chi connectivity index (χ0v) is 9.58. The van der Waals surface area contributed by atoms with Crippen molar-refractivity contribution in [2.75, 3.05) is 19.0 Å². The summed E-state index contributed by atoms with van der Waals surface area (Å²) < 4.78 is 2.66. The molecule has 15 heavy (non-hydrogen) atoms. The minimum absolute atomic E-state index is 0.714. The summed E-state index contributed by atoms with van der Waals surface area (Å²) in [5.41, 5.74) is 2.24. The molecule has 0 atom stereocenters. The van der Waals surface area contributed by atoms with Crippen molar-refractivity contribution in [2.24, 2.45) is 0 Å². The molecule has 0 aliphatic heterocycles. The molecule has 3 nitrogen and oxygen atoms in total. The second-order valence-corrected chi connectivity index (χ2v) is 3.94. The Kier molecular flexibility index (Phi) is 2.60. The Morgan fingerprint density at radius 2 is 2.13 bits per heavy atom. The van der Waals surface area contributed by atoms with Crippen LogP contribution in [-0.4, -0.2) is 23.6 Å². The lowest BCUT2D eigenvalue weighted by Crippen LogP contribution is -2.08. The predicted octanol–water partition coefficient (Wildman–Crippen LogP) is 2.60. The number of nitrogens with zero attached hydrogens (tertiary/aromatic N) is 2. The topological polar surface area (TPSA) is 24.0 Å². The van der Waals surface area contributed by atoms with Gasteiger partial charge >= 0.3 is 0 Å². The van der Waals surface area contributed by atoms with Gasteiger partial charge in [-0.2, -0.15) is 0 Å². The molecule has 0 unspecified atom stereocenters. The maximum absolute atomic E-state index is 5.17. The average Bonchev–Trinajstić information content (AvgIpc) is 2.64. The van der Waals surface area contributed by atoms with Crippen LogP contribution in [0.1, 0.15) is 0 Å². The van der Waals surface area contributed by atoms with Crippen molar-refractivity contribution in [3.63, 3.8) is 0 Å². The second kappa shape index (κ2) is 3.90. The highest BCUT2D eigenvalue weighted by Crippen LogP contribution is 2.16. The Balaban J connectivity index is 2.50. The van der Waals surface area contributed by atoms with Crippen LogP contribution < -0.4 is 4.90 Å². The lowest BCUT2D eigenvalue weighted by molar-refractivity contribution is 1.02. The van der Waals surface area contributed by atoms with Crippen LogP contribution in [0.2, 0.25) is 0 Å². The maximum atomic E-state index is 5.17. The molecular formula is C11H13N3S. The van der Waals surface area contributed by atoms with Crippen LogP contribution in [0.25, 0.3) is 5.69 Å². The van der Waals surface area contributed by atoms with Crippen molar-refractivity contribution in [1.29, 1.82) is 0 Å². The van der Waals surface area contributed by atoms with Crippen LogP contribution in [0, 0.1) is 4.77 Å². The molecule has 1 heterocycles. The molecule has 0 fully saturated rings. The molecule has 2 rings (SSSR count). The van der Waals surface area contributed by atoms with Gasteiger partial charge in [0.15, 0.2) is 4.77 Å². The van der Waals surface area contributed by atoms with E-state index in [0.29, 0.717) is 4.77 Å². The number of rotatable bonds is 2. The molecule has 78 valence electrons. The normalized spacial score (nSPS) is 10.3. The fraction of sp³-hybridized carbons (Fsp3) is 0.182. The zero-order chi connectivity index (χ0) is 10.8. The number of imidazole rings is 1. The highest BCUT2D eigenvalue weighted by molar-refractivity contribution is 7.71. The van der Waals surface area contributed by atoms with E-state index in [1.807, 2.05) is 43.2 Å². The van der Waals surface area contributed by atoms with Gasteiger partial charge in [-0.15, -0.1) is 0 Å². The molecule has 1 aromatic carbocycles. The Morgan fingerprint density at radius 1 is 1.33 bits per heavy atom. The Labute approximate surface area is 94.0 Å². The van der Waals surface area contributed by atoms with Gasteiger partial charge < -0.3 is 9.88 Å². The molecule has 0 amide bonds. The highest BCUT2D eigenvalue weighted by Gasteiger charge is 2.00. The quantitative estimate of drug-likeness (QED) is 0.785. The summed E-state index contributed by atoms with van der Waals surface area (Å²) in [5.74, 6) is 0. The Morgan fingerprint density at radius 3 is 2.73 bits per heavy atom. The van der Waals surface area contributed by atoms with Gasteiger partial charge in [-0.05, 0) is 30.4 Å². The third kappa shape index (κ3) is 1.94. The maximum Gasteiger partial charge on any atom is 0.181 e. The number of benzene rings is 1. The molecule has 1 N–H and O–H groups in total. The van der Waals surface area contributed by atoms with E-state index in [0.717, 1.165) is 11.4 Å². The Hall–Kier alpha value is -1.55. The van der Waals surface area contributed by atoms with Crippen molar-refractivity contribution in [2.45, 2.75) is 0 Å². The highest BCUT2D eigenvalue weighted by atomic mass is 32.1. The summed E-state index contributed by atoms with van der Waals surface area (Å²) in [5, 5.41) is 0. The van der Waals surface area contributed by atoms with Gasteiger partial charge in [0.1, 0.15) is 0 Å². The molecule has 0 aliphatic rings. The van der Waals surface area contributed by atoms with Gasteiger partial charge in [0.05, 0.1) is 0 Å². The number of hydrogen-bond donors (Lipinski definition) is 1. The van der Waals surface area contributed by atoms with Crippen molar-refractivity contribution in [3.8, 4) is 5.69 Å². The van der Waals surface area contributed by atoms with E-state index in [9.17, 15) is 0 Å². The second-order valence-electron chi connectivity index (χ2n) is 3.55. The van der Waals surface area contributed by atoms with Crippen molar-refractivity contribution < 1.29 is 0 Å². The third-order valence-electron chi connectivity index (χ3n) is 2.27. The largest absolute Gasteiger partial charge is 0.378 e. The van der Waals surface area contributed by atoms with E-state index in [2.05, 4.69) is 22.0 Å². The average molecular weight is 219 g/mol. The molecule has 0 spiro atoms. The van der Waals surface area contributed by atoms with Crippen LogP contribution in [0.4, 0.5) is 5.69 Å². The molecule has 0 saturated carbocycles. The molecule has 0 bridgehead atoms. The third-order valence-corrected chi connectivity index (χ3v) is 2.59. The number of anilines is 1. The lowest BCUT2D eigenvalue weighted by atomic mass is 10.2. The first-order chi connectivity index (χ1) is 7.18. The summed E-state index contributed by atoms with van der Waals surface area (Å²) in [4.78, 5) is 5.05. The van der Waals surface area contributed by atoms with Crippen molar-refractivity contribution in [1.82, 2.24) is 9.55 Å².